The normalized spacial score (nSPS) is 12.7. The second-order valence-electron chi connectivity index (χ2n) is 17.7. The van der Waals surface area contributed by atoms with Crippen molar-refractivity contribution in [3.8, 4) is 0 Å². The summed E-state index contributed by atoms with van der Waals surface area (Å²) in [5.74, 6) is -1.89. The lowest BCUT2D eigenvalue weighted by Gasteiger charge is -2.29. The highest BCUT2D eigenvalue weighted by Crippen LogP contribution is 2.19. The van der Waals surface area contributed by atoms with Gasteiger partial charge in [0.2, 0.25) is 0 Å². The Labute approximate surface area is 487 Å². The van der Waals surface area contributed by atoms with Gasteiger partial charge in [-0.1, -0.05) is 0 Å². The van der Waals surface area contributed by atoms with E-state index < -0.39 is 64.8 Å². The van der Waals surface area contributed by atoms with E-state index in [1.54, 1.807) is 95.1 Å². The van der Waals surface area contributed by atoms with Crippen LogP contribution in [-0.2, 0) is 89.3 Å². The Bertz CT molecular complexity index is 1230. The van der Waals surface area contributed by atoms with Gasteiger partial charge < -0.3 is 111 Å². The maximum absolute atomic E-state index is 11.3. The van der Waals surface area contributed by atoms with Gasteiger partial charge in [-0.15, -0.1) is 0 Å². The van der Waals surface area contributed by atoms with Crippen molar-refractivity contribution in [3.05, 3.63) is 0 Å². The Morgan fingerprint density at radius 1 is 0.275 bits per heavy atom. The molecule has 0 heterocycles. The number of carboxylic acids is 2. The first-order valence-electron chi connectivity index (χ1n) is 26.9. The van der Waals surface area contributed by atoms with Crippen molar-refractivity contribution in [2.75, 3.05) is 220 Å². The Morgan fingerprint density at radius 2 is 0.438 bits per heavy atom. The highest BCUT2D eigenvalue weighted by atomic mass is 28.4. The molecule has 0 aliphatic rings. The summed E-state index contributed by atoms with van der Waals surface area (Å²) in [6.45, 7) is 8.85. The average molecular weight is 1270 g/mol. The summed E-state index contributed by atoms with van der Waals surface area (Å²) in [7, 11) is 13.8. The number of rotatable bonds is 55. The third-order valence-electron chi connectivity index (χ3n) is 13.3. The fourth-order valence-electron chi connectivity index (χ4n) is 8.15. The summed E-state index contributed by atoms with van der Waals surface area (Å²) >= 11 is 0. The van der Waals surface area contributed by atoms with Gasteiger partial charge in [-0.25, -0.2) is 0 Å². The van der Waals surface area contributed by atoms with Gasteiger partial charge in [0.1, 0.15) is 0 Å². The van der Waals surface area contributed by atoms with Gasteiger partial charge in [0.05, 0.1) is 13.1 Å². The Kier molecular flexibility index (Phi) is 53.7. The lowest BCUT2D eigenvalue weighted by atomic mass is 10.3. The number of nitrogens with one attached hydrogen (secondary N) is 4. The van der Waals surface area contributed by atoms with E-state index in [-0.39, 0.29) is 13.1 Å². The molecule has 34 heteroatoms. The molecule has 6 N–H and O–H groups in total. The molecule has 0 aliphatic heterocycles. The summed E-state index contributed by atoms with van der Waals surface area (Å²) in [4.78, 5) is 26.1. The molecule has 80 heavy (non-hydrogen) atoms. The molecule has 0 bridgehead atoms. The molecule has 28 nitrogen and oxygen atoms in total. The van der Waals surface area contributed by atoms with Crippen LogP contribution in [0, 0.1) is 0 Å². The molecule has 0 aliphatic carbocycles. The maximum atomic E-state index is 11.3. The first-order valence-corrected chi connectivity index (χ1v) is 38.5. The van der Waals surface area contributed by atoms with Gasteiger partial charge in [0.15, 0.2) is 0 Å². The molecule has 0 saturated heterocycles. The van der Waals surface area contributed by atoms with E-state index in [0.717, 1.165) is 102 Å². The van der Waals surface area contributed by atoms with E-state index in [4.69, 9.17) is 79.7 Å². The zero-order valence-electron chi connectivity index (χ0n) is 52.3. The van der Waals surface area contributed by atoms with Crippen molar-refractivity contribution >= 4 is 64.8 Å². The van der Waals surface area contributed by atoms with Crippen molar-refractivity contribution in [2.45, 2.75) is 74.8 Å². The summed E-state index contributed by atoms with van der Waals surface area (Å²) in [6, 6.07) is 4.35. The van der Waals surface area contributed by atoms with Crippen LogP contribution in [0.2, 0.25) is 36.3 Å². The molecular weight excluding hydrogens is 1160 g/mol. The van der Waals surface area contributed by atoms with E-state index in [2.05, 4.69) is 21.3 Å². The van der Waals surface area contributed by atoms with Gasteiger partial charge in [-0.3, -0.25) is 19.4 Å². The number of nitrogens with zero attached hydrogens (tertiary/aromatic N) is 2. The summed E-state index contributed by atoms with van der Waals surface area (Å²) < 4.78 is 97.1. The molecule has 0 atom stereocenters. The topological polar surface area (TPSA) is 295 Å². The van der Waals surface area contributed by atoms with Gasteiger partial charge >= 0.3 is 64.8 Å². The van der Waals surface area contributed by atoms with Crippen molar-refractivity contribution in [1.29, 1.82) is 0 Å². The maximum Gasteiger partial charge on any atom is 0.500 e. The van der Waals surface area contributed by atoms with Gasteiger partial charge in [-0.05, 0) is 77.8 Å². The van der Waals surface area contributed by atoms with E-state index in [1.807, 2.05) is 0 Å². The minimum absolute atomic E-state index is 0.143. The van der Waals surface area contributed by atoms with E-state index in [9.17, 15) is 19.8 Å². The number of carbonyl (C=O) groups is 2. The SMILES string of the molecule is CO[Si](CCCN(CCN(CCC[Si](OC)(OC)OC)CC(=O)O)CC(=O)O)(OC)OC.CO[Si](CCCNCCNCCC[Si](OC)(OC)OC)(OC)OC.CO[Si](CCCNCCNCCC[Si](OC)(OC)OC)(OC)OC. The van der Waals surface area contributed by atoms with Crippen molar-refractivity contribution in [2.24, 2.45) is 0 Å². The third-order valence-corrected chi connectivity index (χ3v) is 30.3. The molecule has 0 amide bonds. The molecule has 0 radical (unpaired) electrons. The molecule has 0 rings (SSSR count). The standard InChI is InChI=1S/C18H40N2O10Si2.2C14H36N2O6Si2/c1-25-31(26-2,27-3)13-7-9-19(15-17(21)22)11-12-20(16-18(23)24)10-8-14-32(28-4,29-5)30-6;2*1-17-23(18-2,19-3)13-7-9-15-11-12-16-10-8-14-24(20-4,21-5)22-6/h7-16H2,1-6H3,(H,21,22)(H,23,24);2*15-16H,7-14H2,1-6H3. The van der Waals surface area contributed by atoms with Crippen LogP contribution in [0.5, 0.6) is 0 Å². The number of hydrogen-bond donors (Lipinski definition) is 6. The molecule has 0 fully saturated rings. The smallest absolute Gasteiger partial charge is 0.480 e. The lowest BCUT2D eigenvalue weighted by Crippen LogP contribution is -2.45. The van der Waals surface area contributed by atoms with Gasteiger partial charge in [0, 0.05) is 204 Å². The monoisotopic (exact) mass is 1270 g/mol. The molecular formula is C46H112N6O22Si6. The van der Waals surface area contributed by atoms with Crippen molar-refractivity contribution < 1.29 is 99.5 Å². The first kappa shape index (κ1) is 83.5. The molecule has 0 saturated carbocycles. The molecule has 0 unspecified atom stereocenters. The predicted octanol–water partition coefficient (Wildman–Crippen LogP) is 1.70. The molecule has 0 aromatic heterocycles. The van der Waals surface area contributed by atoms with Crippen LogP contribution >= 0.6 is 0 Å². The van der Waals surface area contributed by atoms with Crippen LogP contribution in [0.4, 0.5) is 0 Å². The zero-order valence-corrected chi connectivity index (χ0v) is 58.3. The van der Waals surface area contributed by atoms with E-state index >= 15 is 0 Å². The molecule has 0 aromatic rings. The van der Waals surface area contributed by atoms with Crippen LogP contribution in [0.15, 0.2) is 0 Å². The Morgan fingerprint density at radius 3 is 0.588 bits per heavy atom. The molecule has 0 aromatic carbocycles. The van der Waals surface area contributed by atoms with Crippen molar-refractivity contribution in [3.63, 3.8) is 0 Å². The van der Waals surface area contributed by atoms with E-state index in [1.165, 1.54) is 42.7 Å². The number of aliphatic carboxylic acids is 2. The van der Waals surface area contributed by atoms with E-state index in [0.29, 0.717) is 51.1 Å². The second kappa shape index (κ2) is 51.5. The molecule has 482 valence electrons. The fraction of sp³-hybridized carbons (Fsp3) is 0.957. The highest BCUT2D eigenvalue weighted by molar-refractivity contribution is 6.62. The Balaban J connectivity index is -0.00000113. The van der Waals surface area contributed by atoms with Crippen LogP contribution in [0.3, 0.4) is 0 Å². The van der Waals surface area contributed by atoms with Crippen LogP contribution in [0.25, 0.3) is 0 Å². The predicted molar refractivity (Wildman–Crippen MR) is 317 cm³/mol. The summed E-state index contributed by atoms with van der Waals surface area (Å²) in [5.41, 5.74) is 0. The van der Waals surface area contributed by atoms with Crippen LogP contribution in [-0.4, -0.2) is 304 Å². The van der Waals surface area contributed by atoms with Crippen LogP contribution < -0.4 is 21.3 Å². The second-order valence-corrected chi connectivity index (χ2v) is 36.3. The first-order chi connectivity index (χ1) is 38.3. The summed E-state index contributed by atoms with van der Waals surface area (Å²) in [6.07, 6.45) is 5.10. The fourth-order valence-corrected chi connectivity index (χ4v) is 18.4. The Hall–Kier alpha value is -0.719. The van der Waals surface area contributed by atoms with Gasteiger partial charge in [0.25, 0.3) is 0 Å². The lowest BCUT2D eigenvalue weighted by molar-refractivity contribution is -0.140. The summed E-state index contributed by atoms with van der Waals surface area (Å²) in [5, 5.41) is 32.1. The van der Waals surface area contributed by atoms with Crippen molar-refractivity contribution in [1.82, 2.24) is 31.1 Å². The average Bonchev–Trinajstić information content (AvgIpc) is 3.48. The van der Waals surface area contributed by atoms with Gasteiger partial charge in [-0.2, -0.15) is 0 Å². The minimum Gasteiger partial charge on any atom is -0.480 e. The highest BCUT2D eigenvalue weighted by Gasteiger charge is 2.41. The zero-order chi connectivity index (χ0) is 61.3. The van der Waals surface area contributed by atoms with Crippen LogP contribution in [0.1, 0.15) is 38.5 Å². The number of carboxylic acid groups (broad SMARTS) is 2. The quantitative estimate of drug-likeness (QED) is 0.0373. The number of hydrogen-bond acceptors (Lipinski definition) is 26. The minimum atomic E-state index is -2.73. The molecule has 0 spiro atoms. The largest absolute Gasteiger partial charge is 0.500 e. The third kappa shape index (κ3) is 37.0.